The lowest BCUT2D eigenvalue weighted by molar-refractivity contribution is 0.103. The van der Waals surface area contributed by atoms with Gasteiger partial charge in [-0.1, -0.05) is 52.9 Å². The van der Waals surface area contributed by atoms with Gasteiger partial charge in [0.1, 0.15) is 0 Å². The molecular weight excluding hydrogens is 184 g/mol. The van der Waals surface area contributed by atoms with Gasteiger partial charge in [0.05, 0.1) is 6.10 Å². The van der Waals surface area contributed by atoms with Gasteiger partial charge in [-0.15, -0.1) is 0 Å². The summed E-state index contributed by atoms with van der Waals surface area (Å²) in [5, 5.41) is 9.92. The van der Waals surface area contributed by atoms with E-state index >= 15 is 0 Å². The van der Waals surface area contributed by atoms with Gasteiger partial charge in [0.2, 0.25) is 0 Å². The Labute approximate surface area is 95.3 Å². The first-order chi connectivity index (χ1) is 6.97. The Morgan fingerprint density at radius 1 is 1.13 bits per heavy atom. The predicted octanol–water partition coefficient (Wildman–Crippen LogP) is 4.14. The van der Waals surface area contributed by atoms with Crippen molar-refractivity contribution in [1.29, 1.82) is 0 Å². The quantitative estimate of drug-likeness (QED) is 0.742. The summed E-state index contributed by atoms with van der Waals surface area (Å²) in [5.74, 6) is 0.911. The van der Waals surface area contributed by atoms with Gasteiger partial charge in [-0.3, -0.25) is 0 Å². The van der Waals surface area contributed by atoms with Crippen LogP contribution in [-0.2, 0) is 0 Å². The fourth-order valence-electron chi connectivity index (χ4n) is 2.71. The molecule has 1 atom stereocenters. The van der Waals surface area contributed by atoms with Crippen LogP contribution < -0.4 is 0 Å². The van der Waals surface area contributed by atoms with Crippen LogP contribution in [0.1, 0.15) is 72.1 Å². The van der Waals surface area contributed by atoms with E-state index in [9.17, 15) is 5.11 Å². The predicted molar refractivity (Wildman–Crippen MR) is 65.9 cm³/mol. The van der Waals surface area contributed by atoms with E-state index in [0.29, 0.717) is 0 Å². The summed E-state index contributed by atoms with van der Waals surface area (Å²) < 4.78 is 0. The molecule has 1 unspecified atom stereocenters. The fourth-order valence-corrected chi connectivity index (χ4v) is 2.71. The van der Waals surface area contributed by atoms with Crippen LogP contribution in [0.5, 0.6) is 0 Å². The minimum Gasteiger partial charge on any atom is -0.393 e. The Bertz CT molecular complexity index is 163. The summed E-state index contributed by atoms with van der Waals surface area (Å²) in [6, 6.07) is 0. The molecule has 0 aromatic heterocycles. The highest BCUT2D eigenvalue weighted by Crippen LogP contribution is 2.29. The van der Waals surface area contributed by atoms with Gasteiger partial charge in [-0.25, -0.2) is 0 Å². The van der Waals surface area contributed by atoms with Gasteiger partial charge in [-0.2, -0.15) is 0 Å². The average Bonchev–Trinajstić information content (AvgIpc) is 2.14. The van der Waals surface area contributed by atoms with Crippen LogP contribution in [0.25, 0.3) is 0 Å². The van der Waals surface area contributed by atoms with Crippen LogP contribution in [-0.4, -0.2) is 11.2 Å². The molecule has 0 spiro atoms. The molecule has 1 N–H and O–H groups in total. The van der Waals surface area contributed by atoms with Crippen LogP contribution in [0.4, 0.5) is 0 Å². The average molecular weight is 212 g/mol. The van der Waals surface area contributed by atoms with Crippen molar-refractivity contribution < 1.29 is 5.11 Å². The molecule has 0 saturated heterocycles. The maximum absolute atomic E-state index is 9.92. The number of aliphatic hydroxyl groups is 1. The molecule has 1 aliphatic carbocycles. The van der Waals surface area contributed by atoms with Crippen LogP contribution in [0, 0.1) is 11.3 Å². The molecular formula is C14H28O. The second-order valence-corrected chi connectivity index (χ2v) is 6.50. The molecule has 1 aliphatic rings. The summed E-state index contributed by atoms with van der Waals surface area (Å²) in [6.45, 7) is 6.62. The van der Waals surface area contributed by atoms with Crippen LogP contribution in [0.2, 0.25) is 0 Å². The van der Waals surface area contributed by atoms with E-state index in [1.807, 2.05) is 0 Å². The zero-order valence-corrected chi connectivity index (χ0v) is 10.8. The largest absolute Gasteiger partial charge is 0.393 e. The molecule has 1 fully saturated rings. The van der Waals surface area contributed by atoms with Gasteiger partial charge >= 0.3 is 0 Å². The van der Waals surface area contributed by atoms with Crippen molar-refractivity contribution in [3.05, 3.63) is 0 Å². The maximum Gasteiger partial charge on any atom is 0.0545 e. The Balaban J connectivity index is 2.12. The molecule has 0 radical (unpaired) electrons. The summed E-state index contributed by atoms with van der Waals surface area (Å²) in [6.07, 6.45) is 10.2. The number of rotatable bonds is 4. The molecule has 1 rings (SSSR count). The first kappa shape index (κ1) is 13.0. The zero-order chi connectivity index (χ0) is 11.3. The summed E-state index contributed by atoms with van der Waals surface area (Å²) in [5.41, 5.74) is 0.270. The van der Waals surface area contributed by atoms with Crippen molar-refractivity contribution in [2.24, 2.45) is 11.3 Å². The molecule has 0 amide bonds. The van der Waals surface area contributed by atoms with Gasteiger partial charge in [0, 0.05) is 0 Å². The number of hydrogen-bond acceptors (Lipinski definition) is 1. The number of hydrogen-bond donors (Lipinski definition) is 1. The van der Waals surface area contributed by atoms with E-state index in [0.717, 1.165) is 18.8 Å². The van der Waals surface area contributed by atoms with Gasteiger partial charge < -0.3 is 5.11 Å². The van der Waals surface area contributed by atoms with Crippen molar-refractivity contribution >= 4 is 0 Å². The van der Waals surface area contributed by atoms with Crippen molar-refractivity contribution in [3.8, 4) is 0 Å². The molecule has 15 heavy (non-hydrogen) atoms. The highest BCUT2D eigenvalue weighted by molar-refractivity contribution is 4.71. The van der Waals surface area contributed by atoms with E-state index in [4.69, 9.17) is 0 Å². The van der Waals surface area contributed by atoms with E-state index in [-0.39, 0.29) is 11.5 Å². The molecule has 0 aromatic rings. The standard InChI is InChI=1S/C14H28O/c1-14(2,3)11-13(15)10-9-12-7-5-4-6-8-12/h12-13,15H,4-11H2,1-3H3. The summed E-state index contributed by atoms with van der Waals surface area (Å²) in [7, 11) is 0. The topological polar surface area (TPSA) is 20.2 Å². The third-order valence-electron chi connectivity index (χ3n) is 3.48. The normalized spacial score (nSPS) is 21.6. The molecule has 0 aliphatic heterocycles. The Kier molecular flexibility index (Phi) is 5.11. The van der Waals surface area contributed by atoms with E-state index in [1.165, 1.54) is 38.5 Å². The Morgan fingerprint density at radius 3 is 2.27 bits per heavy atom. The van der Waals surface area contributed by atoms with Crippen molar-refractivity contribution in [2.75, 3.05) is 0 Å². The lowest BCUT2D eigenvalue weighted by atomic mass is 9.83. The molecule has 0 aromatic carbocycles. The maximum atomic E-state index is 9.92. The summed E-state index contributed by atoms with van der Waals surface area (Å²) in [4.78, 5) is 0. The molecule has 1 saturated carbocycles. The lowest BCUT2D eigenvalue weighted by Gasteiger charge is -2.25. The fraction of sp³-hybridized carbons (Fsp3) is 1.00. The second kappa shape index (κ2) is 5.89. The highest BCUT2D eigenvalue weighted by Gasteiger charge is 2.19. The molecule has 1 nitrogen and oxygen atoms in total. The monoisotopic (exact) mass is 212 g/mol. The van der Waals surface area contributed by atoms with Gasteiger partial charge in [0.25, 0.3) is 0 Å². The zero-order valence-electron chi connectivity index (χ0n) is 10.8. The molecule has 0 bridgehead atoms. The smallest absolute Gasteiger partial charge is 0.0545 e. The third kappa shape index (κ3) is 6.19. The number of aliphatic hydroxyl groups excluding tert-OH is 1. The van der Waals surface area contributed by atoms with E-state index < -0.39 is 0 Å². The Morgan fingerprint density at radius 2 is 1.73 bits per heavy atom. The SMILES string of the molecule is CC(C)(C)CC(O)CCC1CCCCC1. The molecule has 90 valence electrons. The minimum absolute atomic E-state index is 0.0769. The van der Waals surface area contributed by atoms with Gasteiger partial charge in [0.15, 0.2) is 0 Å². The molecule has 0 heterocycles. The summed E-state index contributed by atoms with van der Waals surface area (Å²) >= 11 is 0. The first-order valence-electron chi connectivity index (χ1n) is 6.65. The van der Waals surface area contributed by atoms with Crippen molar-refractivity contribution in [2.45, 2.75) is 78.2 Å². The third-order valence-corrected chi connectivity index (χ3v) is 3.48. The molecule has 1 heteroatoms. The van der Waals surface area contributed by atoms with E-state index in [2.05, 4.69) is 20.8 Å². The Hall–Kier alpha value is -0.0400. The van der Waals surface area contributed by atoms with Gasteiger partial charge in [-0.05, 0) is 30.6 Å². The first-order valence-corrected chi connectivity index (χ1v) is 6.65. The van der Waals surface area contributed by atoms with E-state index in [1.54, 1.807) is 0 Å². The van der Waals surface area contributed by atoms with Crippen LogP contribution in [0.15, 0.2) is 0 Å². The van der Waals surface area contributed by atoms with Crippen LogP contribution >= 0.6 is 0 Å². The minimum atomic E-state index is -0.0769. The second-order valence-electron chi connectivity index (χ2n) is 6.50. The van der Waals surface area contributed by atoms with Crippen molar-refractivity contribution in [3.63, 3.8) is 0 Å². The lowest BCUT2D eigenvalue weighted by Crippen LogP contribution is -2.19. The highest BCUT2D eigenvalue weighted by atomic mass is 16.3. The van der Waals surface area contributed by atoms with Crippen molar-refractivity contribution in [1.82, 2.24) is 0 Å². The van der Waals surface area contributed by atoms with Crippen LogP contribution in [0.3, 0.4) is 0 Å².